The summed E-state index contributed by atoms with van der Waals surface area (Å²) in [6, 6.07) is 28.8. The van der Waals surface area contributed by atoms with Crippen LogP contribution < -0.4 is 0 Å². The van der Waals surface area contributed by atoms with Gasteiger partial charge in [0.25, 0.3) is 0 Å². The third kappa shape index (κ3) is 3.14. The van der Waals surface area contributed by atoms with Gasteiger partial charge in [-0.25, -0.2) is 8.78 Å². The monoisotopic (exact) mass is 342 g/mol. The van der Waals surface area contributed by atoms with Crippen LogP contribution in [0, 0.1) is 11.6 Å². The molecular weight excluding hydrogens is 326 g/mol. The first-order valence-corrected chi connectivity index (χ1v) is 8.43. The van der Waals surface area contributed by atoms with Crippen LogP contribution in [0.3, 0.4) is 0 Å². The summed E-state index contributed by atoms with van der Waals surface area (Å²) in [5, 5.41) is 0. The van der Waals surface area contributed by atoms with Crippen LogP contribution in [0.15, 0.2) is 97.1 Å². The van der Waals surface area contributed by atoms with Crippen LogP contribution in [0.25, 0.3) is 33.4 Å². The molecule has 0 amide bonds. The van der Waals surface area contributed by atoms with Gasteiger partial charge in [0.1, 0.15) is 11.6 Å². The Morgan fingerprint density at radius 1 is 0.385 bits per heavy atom. The zero-order valence-corrected chi connectivity index (χ0v) is 14.0. The summed E-state index contributed by atoms with van der Waals surface area (Å²) in [7, 11) is 0. The highest BCUT2D eigenvalue weighted by Gasteiger charge is 2.11. The van der Waals surface area contributed by atoms with Gasteiger partial charge in [0.2, 0.25) is 0 Å². The third-order valence-electron chi connectivity index (χ3n) is 4.44. The van der Waals surface area contributed by atoms with E-state index >= 15 is 0 Å². The van der Waals surface area contributed by atoms with E-state index in [1.165, 1.54) is 12.1 Å². The van der Waals surface area contributed by atoms with Gasteiger partial charge in [-0.1, -0.05) is 84.9 Å². The van der Waals surface area contributed by atoms with Gasteiger partial charge in [0, 0.05) is 11.1 Å². The van der Waals surface area contributed by atoms with Crippen LogP contribution >= 0.6 is 0 Å². The van der Waals surface area contributed by atoms with E-state index in [2.05, 4.69) is 0 Å². The minimum atomic E-state index is -0.363. The Morgan fingerprint density at radius 3 is 1.42 bits per heavy atom. The molecule has 4 rings (SSSR count). The molecule has 0 aliphatic rings. The van der Waals surface area contributed by atoms with Crippen molar-refractivity contribution in [2.75, 3.05) is 0 Å². The summed E-state index contributed by atoms with van der Waals surface area (Å²) in [5.74, 6) is -0.724. The highest BCUT2D eigenvalue weighted by Crippen LogP contribution is 2.31. The molecule has 126 valence electrons. The van der Waals surface area contributed by atoms with Crippen LogP contribution in [0.2, 0.25) is 0 Å². The Kier molecular flexibility index (Phi) is 4.32. The zero-order chi connectivity index (χ0) is 17.9. The van der Waals surface area contributed by atoms with Crippen molar-refractivity contribution in [3.63, 3.8) is 0 Å². The quantitative estimate of drug-likeness (QED) is 0.377. The highest BCUT2D eigenvalue weighted by molar-refractivity contribution is 5.74. The van der Waals surface area contributed by atoms with E-state index in [1.807, 2.05) is 66.7 Å². The van der Waals surface area contributed by atoms with Crippen molar-refractivity contribution in [1.82, 2.24) is 0 Å². The molecular formula is C24H16F2. The lowest BCUT2D eigenvalue weighted by Gasteiger charge is -2.09. The van der Waals surface area contributed by atoms with Gasteiger partial charge >= 0.3 is 0 Å². The van der Waals surface area contributed by atoms with Gasteiger partial charge in [-0.05, 0) is 34.4 Å². The second-order valence-electron chi connectivity index (χ2n) is 6.12. The van der Waals surface area contributed by atoms with E-state index < -0.39 is 0 Å². The fourth-order valence-electron chi connectivity index (χ4n) is 3.09. The van der Waals surface area contributed by atoms with Crippen LogP contribution in [0.1, 0.15) is 0 Å². The van der Waals surface area contributed by atoms with Crippen molar-refractivity contribution >= 4 is 0 Å². The predicted octanol–water partition coefficient (Wildman–Crippen LogP) is 6.97. The molecule has 26 heavy (non-hydrogen) atoms. The van der Waals surface area contributed by atoms with Gasteiger partial charge in [-0.2, -0.15) is 0 Å². The number of halogens is 2. The fourth-order valence-corrected chi connectivity index (χ4v) is 3.09. The largest absolute Gasteiger partial charge is 0.206 e. The Labute approximate surface area is 151 Å². The smallest absolute Gasteiger partial charge is 0.131 e. The minimum absolute atomic E-state index is 0.361. The standard InChI is InChI=1S/C24H16F2/c25-23-15-19(17-7-3-1-4-8-17)11-13-22(23)20-12-14-21(24(26)16-20)18-9-5-2-6-10-18/h1-16H. The van der Waals surface area contributed by atoms with Gasteiger partial charge in [-0.15, -0.1) is 0 Å². The number of rotatable bonds is 3. The SMILES string of the molecule is Fc1cc(-c2ccccc2)ccc1-c1ccc(-c2ccccc2)c(F)c1. The van der Waals surface area contributed by atoms with Gasteiger partial charge < -0.3 is 0 Å². The first kappa shape index (κ1) is 16.2. The van der Waals surface area contributed by atoms with E-state index in [-0.39, 0.29) is 11.6 Å². The Hall–Kier alpha value is -3.26. The molecule has 0 N–H and O–H groups in total. The average Bonchev–Trinajstić information content (AvgIpc) is 2.69. The normalized spacial score (nSPS) is 10.7. The van der Waals surface area contributed by atoms with E-state index in [0.29, 0.717) is 16.7 Å². The molecule has 0 saturated carbocycles. The summed E-state index contributed by atoms with van der Waals surface area (Å²) < 4.78 is 29.2. The van der Waals surface area contributed by atoms with Gasteiger partial charge in [-0.3, -0.25) is 0 Å². The van der Waals surface area contributed by atoms with Crippen molar-refractivity contribution in [3.8, 4) is 33.4 Å². The summed E-state index contributed by atoms with van der Waals surface area (Å²) in [6.07, 6.45) is 0. The molecule has 0 unspecified atom stereocenters. The van der Waals surface area contributed by atoms with E-state index in [1.54, 1.807) is 18.2 Å². The van der Waals surface area contributed by atoms with E-state index in [4.69, 9.17) is 0 Å². The lowest BCUT2D eigenvalue weighted by atomic mass is 9.97. The van der Waals surface area contributed by atoms with Gasteiger partial charge in [0.05, 0.1) is 0 Å². The summed E-state index contributed by atoms with van der Waals surface area (Å²) >= 11 is 0. The summed E-state index contributed by atoms with van der Waals surface area (Å²) in [5.41, 5.74) is 3.98. The third-order valence-corrected chi connectivity index (χ3v) is 4.44. The number of hydrogen-bond acceptors (Lipinski definition) is 0. The maximum Gasteiger partial charge on any atom is 0.131 e. The van der Waals surface area contributed by atoms with Crippen LogP contribution in [0.5, 0.6) is 0 Å². The molecule has 0 aliphatic heterocycles. The molecule has 2 heteroatoms. The van der Waals surface area contributed by atoms with Crippen molar-refractivity contribution in [1.29, 1.82) is 0 Å². The summed E-state index contributed by atoms with van der Waals surface area (Å²) in [4.78, 5) is 0. The predicted molar refractivity (Wildman–Crippen MR) is 103 cm³/mol. The Bertz CT molecular complexity index is 1040. The number of benzene rings is 4. The molecule has 0 bridgehead atoms. The highest BCUT2D eigenvalue weighted by atomic mass is 19.1. The Morgan fingerprint density at radius 2 is 0.846 bits per heavy atom. The molecule has 4 aromatic rings. The molecule has 0 nitrogen and oxygen atoms in total. The maximum atomic E-state index is 14.7. The zero-order valence-electron chi connectivity index (χ0n) is 14.0. The lowest BCUT2D eigenvalue weighted by molar-refractivity contribution is 0.627. The molecule has 0 spiro atoms. The van der Waals surface area contributed by atoms with Crippen LogP contribution in [-0.2, 0) is 0 Å². The summed E-state index contributed by atoms with van der Waals surface area (Å²) in [6.45, 7) is 0. The van der Waals surface area contributed by atoms with Crippen molar-refractivity contribution in [2.45, 2.75) is 0 Å². The molecule has 0 aliphatic carbocycles. The molecule has 0 aromatic heterocycles. The van der Waals surface area contributed by atoms with E-state index in [0.717, 1.165) is 16.7 Å². The van der Waals surface area contributed by atoms with Crippen molar-refractivity contribution in [2.24, 2.45) is 0 Å². The second kappa shape index (κ2) is 6.93. The molecule has 0 heterocycles. The fraction of sp³-hybridized carbons (Fsp3) is 0. The average molecular weight is 342 g/mol. The molecule has 0 atom stereocenters. The molecule has 0 saturated heterocycles. The van der Waals surface area contributed by atoms with E-state index in [9.17, 15) is 8.78 Å². The molecule has 0 fully saturated rings. The van der Waals surface area contributed by atoms with Crippen LogP contribution in [0.4, 0.5) is 8.78 Å². The maximum absolute atomic E-state index is 14.7. The Balaban J connectivity index is 1.71. The van der Waals surface area contributed by atoms with Crippen molar-refractivity contribution < 1.29 is 8.78 Å². The second-order valence-corrected chi connectivity index (χ2v) is 6.12. The molecule has 0 radical (unpaired) electrons. The first-order chi connectivity index (χ1) is 12.7. The lowest BCUT2D eigenvalue weighted by Crippen LogP contribution is -1.90. The van der Waals surface area contributed by atoms with Crippen molar-refractivity contribution in [3.05, 3.63) is 109 Å². The van der Waals surface area contributed by atoms with Crippen LogP contribution in [-0.4, -0.2) is 0 Å². The topological polar surface area (TPSA) is 0 Å². The van der Waals surface area contributed by atoms with Gasteiger partial charge in [0.15, 0.2) is 0 Å². The number of hydrogen-bond donors (Lipinski definition) is 0. The molecule has 4 aromatic carbocycles. The minimum Gasteiger partial charge on any atom is -0.206 e. The first-order valence-electron chi connectivity index (χ1n) is 8.43.